The van der Waals surface area contributed by atoms with Gasteiger partial charge >= 0.3 is 0 Å². The van der Waals surface area contributed by atoms with Crippen LogP contribution in [0.2, 0.25) is 0 Å². The van der Waals surface area contributed by atoms with E-state index in [4.69, 9.17) is 0 Å². The highest BCUT2D eigenvalue weighted by atomic mass is 16.2. The molecule has 1 fully saturated rings. The van der Waals surface area contributed by atoms with Gasteiger partial charge in [0.1, 0.15) is 18.0 Å². The predicted molar refractivity (Wildman–Crippen MR) is 107 cm³/mol. The van der Waals surface area contributed by atoms with Crippen LogP contribution in [0.5, 0.6) is 0 Å². The molecule has 0 unspecified atom stereocenters. The SMILES string of the molecule is Cc1ccc(N2Cc3c(ncnc3N3CCN(C)CC3)N(C)CC2=O)cc1. The quantitative estimate of drug-likeness (QED) is 0.803. The van der Waals surface area contributed by atoms with Crippen LogP contribution in [0.1, 0.15) is 11.1 Å². The molecule has 0 bridgehead atoms. The summed E-state index contributed by atoms with van der Waals surface area (Å²) in [5, 5.41) is 0. The van der Waals surface area contributed by atoms with Gasteiger partial charge in [0, 0.05) is 38.9 Å². The van der Waals surface area contributed by atoms with E-state index in [0.29, 0.717) is 13.1 Å². The van der Waals surface area contributed by atoms with Crippen molar-refractivity contribution in [2.24, 2.45) is 0 Å². The number of rotatable bonds is 2. The zero-order valence-electron chi connectivity index (χ0n) is 16.2. The molecule has 0 saturated carbocycles. The molecule has 142 valence electrons. The molecule has 2 aromatic rings. The van der Waals surface area contributed by atoms with Crippen LogP contribution in [0.15, 0.2) is 30.6 Å². The molecule has 7 heteroatoms. The topological polar surface area (TPSA) is 55.8 Å². The van der Waals surface area contributed by atoms with Crippen LogP contribution in [0.3, 0.4) is 0 Å². The molecule has 0 atom stereocenters. The summed E-state index contributed by atoms with van der Waals surface area (Å²) in [5.41, 5.74) is 3.12. The number of carbonyl (C=O) groups is 1. The zero-order valence-corrected chi connectivity index (χ0v) is 16.2. The van der Waals surface area contributed by atoms with Crippen molar-refractivity contribution < 1.29 is 4.79 Å². The van der Waals surface area contributed by atoms with Gasteiger partial charge in [0.25, 0.3) is 0 Å². The third-order valence-electron chi connectivity index (χ3n) is 5.40. The van der Waals surface area contributed by atoms with Crippen LogP contribution >= 0.6 is 0 Å². The van der Waals surface area contributed by atoms with Crippen molar-refractivity contribution in [3.8, 4) is 0 Å². The predicted octanol–water partition coefficient (Wildman–Crippen LogP) is 1.52. The van der Waals surface area contributed by atoms with Gasteiger partial charge < -0.3 is 19.6 Å². The lowest BCUT2D eigenvalue weighted by molar-refractivity contribution is -0.117. The molecule has 2 aliphatic heterocycles. The summed E-state index contributed by atoms with van der Waals surface area (Å²) in [4.78, 5) is 30.5. The van der Waals surface area contributed by atoms with Gasteiger partial charge in [-0.05, 0) is 26.1 Å². The number of amides is 1. The van der Waals surface area contributed by atoms with Gasteiger partial charge in [0.15, 0.2) is 0 Å². The third kappa shape index (κ3) is 3.47. The Hall–Kier alpha value is -2.67. The Morgan fingerprint density at radius 3 is 2.26 bits per heavy atom. The van der Waals surface area contributed by atoms with E-state index in [9.17, 15) is 4.79 Å². The third-order valence-corrected chi connectivity index (χ3v) is 5.40. The van der Waals surface area contributed by atoms with E-state index < -0.39 is 0 Å². The fourth-order valence-corrected chi connectivity index (χ4v) is 3.72. The van der Waals surface area contributed by atoms with Gasteiger partial charge in [-0.1, -0.05) is 17.7 Å². The lowest BCUT2D eigenvalue weighted by Gasteiger charge is -2.35. The first kappa shape index (κ1) is 17.7. The minimum atomic E-state index is 0.0729. The summed E-state index contributed by atoms with van der Waals surface area (Å²) in [5.74, 6) is 1.87. The molecule has 0 aliphatic carbocycles. The highest BCUT2D eigenvalue weighted by Gasteiger charge is 2.30. The number of hydrogen-bond donors (Lipinski definition) is 0. The second-order valence-corrected chi connectivity index (χ2v) is 7.46. The summed E-state index contributed by atoms with van der Waals surface area (Å²) < 4.78 is 0. The Labute approximate surface area is 160 Å². The van der Waals surface area contributed by atoms with Gasteiger partial charge in [0.05, 0.1) is 18.7 Å². The average molecular weight is 366 g/mol. The van der Waals surface area contributed by atoms with E-state index in [1.54, 1.807) is 6.33 Å². The Balaban J connectivity index is 1.73. The zero-order chi connectivity index (χ0) is 19.0. The second kappa shape index (κ2) is 7.15. The Morgan fingerprint density at radius 2 is 1.56 bits per heavy atom. The van der Waals surface area contributed by atoms with Crippen molar-refractivity contribution >= 4 is 23.2 Å². The maximum absolute atomic E-state index is 12.9. The van der Waals surface area contributed by atoms with Crippen LogP contribution in [-0.2, 0) is 11.3 Å². The molecule has 7 nitrogen and oxygen atoms in total. The number of piperazine rings is 1. The normalized spacial score (nSPS) is 18.5. The number of likely N-dealkylation sites (N-methyl/N-ethyl adjacent to an activating group) is 2. The largest absolute Gasteiger partial charge is 0.354 e. The first-order valence-electron chi connectivity index (χ1n) is 9.38. The molecule has 27 heavy (non-hydrogen) atoms. The molecule has 0 spiro atoms. The molecular weight excluding hydrogens is 340 g/mol. The Kier molecular flexibility index (Phi) is 4.70. The number of fused-ring (bicyclic) bond motifs is 1. The summed E-state index contributed by atoms with van der Waals surface area (Å²) in [7, 11) is 4.07. The number of carbonyl (C=O) groups excluding carboxylic acids is 1. The highest BCUT2D eigenvalue weighted by molar-refractivity contribution is 5.97. The molecule has 4 rings (SSSR count). The molecule has 1 aromatic heterocycles. The molecule has 3 heterocycles. The van der Waals surface area contributed by atoms with Crippen LogP contribution in [0, 0.1) is 6.92 Å². The van der Waals surface area contributed by atoms with Crippen LogP contribution in [-0.4, -0.2) is 67.6 Å². The van der Waals surface area contributed by atoms with E-state index in [0.717, 1.165) is 49.1 Å². The molecule has 1 saturated heterocycles. The minimum Gasteiger partial charge on any atom is -0.354 e. The highest BCUT2D eigenvalue weighted by Crippen LogP contribution is 2.32. The summed E-state index contributed by atoms with van der Waals surface area (Å²) >= 11 is 0. The molecule has 1 aromatic carbocycles. The number of anilines is 3. The van der Waals surface area contributed by atoms with Crippen molar-refractivity contribution in [3.63, 3.8) is 0 Å². The number of aromatic nitrogens is 2. The van der Waals surface area contributed by atoms with Crippen molar-refractivity contribution in [2.45, 2.75) is 13.5 Å². The van der Waals surface area contributed by atoms with Gasteiger partial charge in [-0.25, -0.2) is 9.97 Å². The Morgan fingerprint density at radius 1 is 0.889 bits per heavy atom. The average Bonchev–Trinajstić information content (AvgIpc) is 2.79. The van der Waals surface area contributed by atoms with Gasteiger partial charge in [0.2, 0.25) is 5.91 Å². The van der Waals surface area contributed by atoms with E-state index in [-0.39, 0.29) is 5.91 Å². The van der Waals surface area contributed by atoms with Crippen molar-refractivity contribution in [1.29, 1.82) is 0 Å². The summed E-state index contributed by atoms with van der Waals surface area (Å²) in [6.07, 6.45) is 1.62. The molecule has 2 aliphatic rings. The number of benzene rings is 1. The molecular formula is C20H26N6O. The van der Waals surface area contributed by atoms with Crippen molar-refractivity contribution in [2.75, 3.05) is 61.5 Å². The maximum atomic E-state index is 12.9. The van der Waals surface area contributed by atoms with E-state index in [2.05, 4.69) is 33.7 Å². The lowest BCUT2D eigenvalue weighted by Crippen LogP contribution is -2.45. The van der Waals surface area contributed by atoms with E-state index in [1.807, 2.05) is 41.1 Å². The second-order valence-electron chi connectivity index (χ2n) is 7.46. The summed E-state index contributed by atoms with van der Waals surface area (Å²) in [6.45, 7) is 6.73. The molecule has 0 radical (unpaired) electrons. The molecule has 0 N–H and O–H groups in total. The van der Waals surface area contributed by atoms with Crippen LogP contribution in [0.25, 0.3) is 0 Å². The van der Waals surface area contributed by atoms with Crippen molar-refractivity contribution in [3.05, 3.63) is 41.7 Å². The first-order valence-corrected chi connectivity index (χ1v) is 9.38. The van der Waals surface area contributed by atoms with Gasteiger partial charge in [-0.2, -0.15) is 0 Å². The standard InChI is InChI=1S/C20H26N6O/c1-15-4-6-16(7-5-15)26-12-17-19(24(3)13-18(26)27)21-14-22-20(17)25-10-8-23(2)9-11-25/h4-7,14H,8-13H2,1-3H3. The van der Waals surface area contributed by atoms with Gasteiger partial charge in [-0.15, -0.1) is 0 Å². The van der Waals surface area contributed by atoms with E-state index in [1.165, 1.54) is 5.56 Å². The number of aryl methyl sites for hydroxylation is 1. The monoisotopic (exact) mass is 366 g/mol. The fraction of sp³-hybridized carbons (Fsp3) is 0.450. The molecule has 1 amide bonds. The van der Waals surface area contributed by atoms with Crippen molar-refractivity contribution in [1.82, 2.24) is 14.9 Å². The van der Waals surface area contributed by atoms with Crippen LogP contribution < -0.4 is 14.7 Å². The van der Waals surface area contributed by atoms with Crippen LogP contribution in [0.4, 0.5) is 17.3 Å². The minimum absolute atomic E-state index is 0.0729. The summed E-state index contributed by atoms with van der Waals surface area (Å²) in [6, 6.07) is 8.11. The van der Waals surface area contributed by atoms with E-state index >= 15 is 0 Å². The Bertz CT molecular complexity index is 829. The van der Waals surface area contributed by atoms with Gasteiger partial charge in [-0.3, -0.25) is 4.79 Å². The number of nitrogens with zero attached hydrogens (tertiary/aromatic N) is 6. The lowest BCUT2D eigenvalue weighted by atomic mass is 10.1. The number of hydrogen-bond acceptors (Lipinski definition) is 6. The smallest absolute Gasteiger partial charge is 0.246 e. The first-order chi connectivity index (χ1) is 13.0. The fourth-order valence-electron chi connectivity index (χ4n) is 3.72. The maximum Gasteiger partial charge on any atom is 0.246 e.